The van der Waals surface area contributed by atoms with Crippen LogP contribution in [-0.2, 0) is 17.9 Å². The first kappa shape index (κ1) is 22.0. The maximum absolute atomic E-state index is 13.2. The minimum atomic E-state index is -0.568. The second-order valence-corrected chi connectivity index (χ2v) is 9.47. The van der Waals surface area contributed by atoms with Gasteiger partial charge < -0.3 is 10.2 Å². The number of benzene rings is 1. The molecule has 0 unspecified atom stereocenters. The van der Waals surface area contributed by atoms with Crippen LogP contribution in [0.25, 0.3) is 11.0 Å². The maximum Gasteiger partial charge on any atom is 0.265 e. The van der Waals surface area contributed by atoms with Gasteiger partial charge in [-0.05, 0) is 30.0 Å². The topological polar surface area (TPSA) is 84.3 Å². The largest absolute Gasteiger partial charge is 0.348 e. The molecule has 0 atom stereocenters. The number of likely N-dealkylation sites (tertiary alicyclic amines) is 1. The minimum Gasteiger partial charge on any atom is -0.348 e. The van der Waals surface area contributed by atoms with Crippen molar-refractivity contribution in [3.63, 3.8) is 0 Å². The summed E-state index contributed by atoms with van der Waals surface area (Å²) in [5.74, 6) is -0.713. The minimum absolute atomic E-state index is 0.0714. The molecule has 1 aromatic carbocycles. The van der Waals surface area contributed by atoms with Gasteiger partial charge in [-0.3, -0.25) is 19.0 Å². The number of nitrogens with zero attached hydrogens (tertiary/aromatic N) is 3. The van der Waals surface area contributed by atoms with E-state index in [9.17, 15) is 14.4 Å². The van der Waals surface area contributed by atoms with Crippen LogP contribution < -0.4 is 10.9 Å². The summed E-state index contributed by atoms with van der Waals surface area (Å²) in [6, 6.07) is 10.8. The summed E-state index contributed by atoms with van der Waals surface area (Å²) in [4.78, 5) is 44.9. The average Bonchev–Trinajstić information content (AvgIpc) is 2.73. The van der Waals surface area contributed by atoms with Crippen molar-refractivity contribution >= 4 is 34.4 Å². The van der Waals surface area contributed by atoms with E-state index in [4.69, 9.17) is 11.6 Å². The van der Waals surface area contributed by atoms with Gasteiger partial charge in [-0.15, -0.1) is 0 Å². The van der Waals surface area contributed by atoms with E-state index >= 15 is 0 Å². The summed E-state index contributed by atoms with van der Waals surface area (Å²) < 4.78 is 1.25. The van der Waals surface area contributed by atoms with Crippen LogP contribution in [0.3, 0.4) is 0 Å². The summed E-state index contributed by atoms with van der Waals surface area (Å²) in [5, 5.41) is 3.59. The van der Waals surface area contributed by atoms with E-state index in [2.05, 4.69) is 24.1 Å². The fraction of sp³-hybridized carbons (Fsp3) is 0.333. The van der Waals surface area contributed by atoms with Crippen molar-refractivity contribution in [2.45, 2.75) is 33.9 Å². The standard InChI is InChI=1S/C24H25ClN4O3/c1-15-4-6-16(7-5-15)11-27-22(31)18-10-17-19(25)8-9-26-21(17)29(23(18)32)12-20(30)28-13-24(2,3)14-28/h4-10H,11-14H2,1-3H3,(H,27,31). The lowest BCUT2D eigenvalue weighted by Gasteiger charge is -2.45. The molecule has 32 heavy (non-hydrogen) atoms. The Morgan fingerprint density at radius 3 is 2.50 bits per heavy atom. The molecule has 1 saturated heterocycles. The Bertz CT molecular complexity index is 1260. The number of amides is 2. The van der Waals surface area contributed by atoms with E-state index in [-0.39, 0.29) is 35.6 Å². The Morgan fingerprint density at radius 1 is 1.16 bits per heavy atom. The highest BCUT2D eigenvalue weighted by Crippen LogP contribution is 2.29. The molecular formula is C24H25ClN4O3. The molecule has 3 heterocycles. The lowest BCUT2D eigenvalue weighted by atomic mass is 9.84. The van der Waals surface area contributed by atoms with Crippen LogP contribution in [0.4, 0.5) is 0 Å². The van der Waals surface area contributed by atoms with Crippen LogP contribution in [0, 0.1) is 12.3 Å². The van der Waals surface area contributed by atoms with Gasteiger partial charge in [0.1, 0.15) is 17.8 Å². The molecule has 7 nitrogen and oxygen atoms in total. The van der Waals surface area contributed by atoms with E-state index in [1.807, 2.05) is 31.2 Å². The number of halogens is 1. The van der Waals surface area contributed by atoms with Crippen LogP contribution in [0.2, 0.25) is 5.02 Å². The van der Waals surface area contributed by atoms with Gasteiger partial charge >= 0.3 is 0 Å². The summed E-state index contributed by atoms with van der Waals surface area (Å²) >= 11 is 6.34. The number of carbonyl (C=O) groups is 2. The molecule has 2 aromatic heterocycles. The third-order valence-corrected chi connectivity index (χ3v) is 5.97. The molecule has 1 fully saturated rings. The van der Waals surface area contributed by atoms with Crippen molar-refractivity contribution < 1.29 is 9.59 Å². The molecule has 0 saturated carbocycles. The molecule has 0 spiro atoms. The predicted octanol–water partition coefficient (Wildman–Crippen LogP) is 3.16. The molecule has 8 heteroatoms. The number of carbonyl (C=O) groups excluding carboxylic acids is 2. The fourth-order valence-electron chi connectivity index (χ4n) is 3.93. The summed E-state index contributed by atoms with van der Waals surface area (Å²) in [6.07, 6.45) is 1.48. The van der Waals surface area contributed by atoms with E-state index < -0.39 is 11.5 Å². The number of aryl methyl sites for hydroxylation is 1. The lowest BCUT2D eigenvalue weighted by Crippen LogP contribution is -2.56. The molecule has 3 aromatic rings. The van der Waals surface area contributed by atoms with Gasteiger partial charge in [-0.1, -0.05) is 55.3 Å². The van der Waals surface area contributed by atoms with Gasteiger partial charge in [-0.25, -0.2) is 4.98 Å². The number of fused-ring (bicyclic) bond motifs is 1. The van der Waals surface area contributed by atoms with E-state index in [0.29, 0.717) is 23.5 Å². The molecule has 1 aliphatic heterocycles. The van der Waals surface area contributed by atoms with Gasteiger partial charge in [-0.2, -0.15) is 0 Å². The van der Waals surface area contributed by atoms with Crippen molar-refractivity contribution in [1.29, 1.82) is 0 Å². The lowest BCUT2D eigenvalue weighted by molar-refractivity contribution is -0.142. The van der Waals surface area contributed by atoms with Gasteiger partial charge in [0, 0.05) is 31.2 Å². The van der Waals surface area contributed by atoms with Gasteiger partial charge in [0.15, 0.2) is 0 Å². The van der Waals surface area contributed by atoms with E-state index in [1.165, 1.54) is 16.8 Å². The molecule has 166 valence electrons. The zero-order chi connectivity index (χ0) is 23.0. The predicted molar refractivity (Wildman–Crippen MR) is 124 cm³/mol. The Balaban J connectivity index is 1.65. The third kappa shape index (κ3) is 4.39. The molecule has 2 amide bonds. The zero-order valence-corrected chi connectivity index (χ0v) is 19.1. The summed E-state index contributed by atoms with van der Waals surface area (Å²) in [5.41, 5.74) is 1.75. The van der Waals surface area contributed by atoms with Crippen LogP contribution in [0.5, 0.6) is 0 Å². The first-order chi connectivity index (χ1) is 15.1. The number of pyridine rings is 2. The first-order valence-corrected chi connectivity index (χ1v) is 10.8. The molecular weight excluding hydrogens is 428 g/mol. The monoisotopic (exact) mass is 452 g/mol. The third-order valence-electron chi connectivity index (χ3n) is 5.64. The van der Waals surface area contributed by atoms with Crippen molar-refractivity contribution in [3.05, 3.63) is 74.7 Å². The van der Waals surface area contributed by atoms with Crippen molar-refractivity contribution in [1.82, 2.24) is 19.8 Å². The van der Waals surface area contributed by atoms with Crippen LogP contribution in [-0.4, -0.2) is 39.4 Å². The van der Waals surface area contributed by atoms with E-state index in [1.54, 1.807) is 11.0 Å². The number of aromatic nitrogens is 2. The normalized spacial score (nSPS) is 14.8. The Hall–Kier alpha value is -3.19. The number of hydrogen-bond donors (Lipinski definition) is 1. The summed E-state index contributed by atoms with van der Waals surface area (Å²) in [6.45, 7) is 7.49. The second kappa shape index (κ2) is 8.39. The Morgan fingerprint density at radius 2 is 1.84 bits per heavy atom. The van der Waals surface area contributed by atoms with Crippen molar-refractivity contribution in [3.8, 4) is 0 Å². The van der Waals surface area contributed by atoms with Crippen LogP contribution >= 0.6 is 11.6 Å². The highest BCUT2D eigenvalue weighted by atomic mass is 35.5. The molecule has 4 rings (SSSR count). The SMILES string of the molecule is Cc1ccc(CNC(=O)c2cc3c(Cl)ccnc3n(CC(=O)N3CC(C)(C)C3)c2=O)cc1. The molecule has 1 N–H and O–H groups in total. The highest BCUT2D eigenvalue weighted by Gasteiger charge is 2.37. The molecule has 0 radical (unpaired) electrons. The van der Waals surface area contributed by atoms with E-state index in [0.717, 1.165) is 11.1 Å². The van der Waals surface area contributed by atoms with Gasteiger partial charge in [0.05, 0.1) is 5.02 Å². The number of rotatable bonds is 5. The Labute approximate surface area is 191 Å². The quantitative estimate of drug-likeness (QED) is 0.644. The second-order valence-electron chi connectivity index (χ2n) is 9.06. The smallest absolute Gasteiger partial charge is 0.265 e. The first-order valence-electron chi connectivity index (χ1n) is 10.4. The maximum atomic E-state index is 13.2. The van der Waals surface area contributed by atoms with Crippen molar-refractivity contribution in [2.24, 2.45) is 5.41 Å². The number of nitrogens with one attached hydrogen (secondary N) is 1. The number of hydrogen-bond acceptors (Lipinski definition) is 4. The average molecular weight is 453 g/mol. The van der Waals surface area contributed by atoms with Gasteiger partial charge in [0.2, 0.25) is 5.91 Å². The Kier molecular flexibility index (Phi) is 5.77. The van der Waals surface area contributed by atoms with Crippen molar-refractivity contribution in [2.75, 3.05) is 13.1 Å². The van der Waals surface area contributed by atoms with Crippen LogP contribution in [0.1, 0.15) is 35.3 Å². The van der Waals surface area contributed by atoms with Gasteiger partial charge in [0.25, 0.3) is 11.5 Å². The molecule has 0 bridgehead atoms. The zero-order valence-electron chi connectivity index (χ0n) is 18.3. The molecule has 0 aliphatic carbocycles. The molecule has 1 aliphatic rings. The fourth-order valence-corrected chi connectivity index (χ4v) is 4.12. The summed E-state index contributed by atoms with van der Waals surface area (Å²) in [7, 11) is 0. The van der Waals surface area contributed by atoms with Crippen LogP contribution in [0.15, 0.2) is 47.4 Å². The highest BCUT2D eigenvalue weighted by molar-refractivity contribution is 6.35.